The highest BCUT2D eigenvalue weighted by Gasteiger charge is 2.15. The Labute approximate surface area is 177 Å². The molecule has 3 rings (SSSR count). The number of aryl methyl sites for hydroxylation is 2. The molecule has 0 aliphatic heterocycles. The number of para-hydroxylation sites is 1. The molecular formula is C25H27N3O2. The Morgan fingerprint density at radius 2 is 1.47 bits per heavy atom. The molecule has 0 spiro atoms. The van der Waals surface area contributed by atoms with Crippen LogP contribution in [-0.2, 0) is 4.79 Å². The molecule has 0 aliphatic rings. The van der Waals surface area contributed by atoms with Gasteiger partial charge in [-0.3, -0.25) is 9.59 Å². The van der Waals surface area contributed by atoms with Crippen LogP contribution in [0.25, 0.3) is 0 Å². The highest BCUT2D eigenvalue weighted by atomic mass is 16.2. The van der Waals surface area contributed by atoms with E-state index in [-0.39, 0.29) is 18.4 Å². The van der Waals surface area contributed by atoms with Crippen LogP contribution in [0.2, 0.25) is 0 Å². The van der Waals surface area contributed by atoms with E-state index >= 15 is 0 Å². The van der Waals surface area contributed by atoms with E-state index < -0.39 is 0 Å². The summed E-state index contributed by atoms with van der Waals surface area (Å²) in [6, 6.07) is 22.7. The minimum atomic E-state index is -0.124. The molecule has 0 aliphatic carbocycles. The van der Waals surface area contributed by atoms with Crippen LogP contribution in [0.3, 0.4) is 0 Å². The highest BCUT2D eigenvalue weighted by Crippen LogP contribution is 2.18. The number of hydrogen-bond acceptors (Lipinski definition) is 3. The molecule has 0 saturated heterocycles. The van der Waals surface area contributed by atoms with Gasteiger partial charge in [0.25, 0.3) is 5.91 Å². The molecule has 0 saturated carbocycles. The first-order chi connectivity index (χ1) is 14.5. The van der Waals surface area contributed by atoms with Gasteiger partial charge in [-0.05, 0) is 80.4 Å². The van der Waals surface area contributed by atoms with Crippen LogP contribution < -0.4 is 15.5 Å². The van der Waals surface area contributed by atoms with Gasteiger partial charge in [-0.15, -0.1) is 0 Å². The van der Waals surface area contributed by atoms with Gasteiger partial charge in [0, 0.05) is 29.2 Å². The van der Waals surface area contributed by atoms with Gasteiger partial charge in [-0.25, -0.2) is 0 Å². The van der Waals surface area contributed by atoms with E-state index in [0.717, 1.165) is 28.2 Å². The first-order valence-corrected chi connectivity index (χ1v) is 10.1. The number of nitrogens with one attached hydrogen (secondary N) is 2. The fourth-order valence-corrected chi connectivity index (χ4v) is 3.37. The number of rotatable bonds is 7. The Morgan fingerprint density at radius 3 is 2.07 bits per heavy atom. The Bertz CT molecular complexity index is 994. The van der Waals surface area contributed by atoms with Crippen molar-refractivity contribution < 1.29 is 9.59 Å². The molecule has 0 aromatic heterocycles. The van der Waals surface area contributed by atoms with E-state index in [9.17, 15) is 9.59 Å². The fraction of sp³-hybridized carbons (Fsp3) is 0.200. The molecule has 3 aromatic carbocycles. The maximum Gasteiger partial charge on any atom is 0.258 e. The summed E-state index contributed by atoms with van der Waals surface area (Å²) in [6.07, 6.45) is 0. The summed E-state index contributed by atoms with van der Waals surface area (Å²) in [5.41, 5.74) is 5.26. The third-order valence-electron chi connectivity index (χ3n) is 4.72. The zero-order chi connectivity index (χ0) is 21.5. The van der Waals surface area contributed by atoms with Gasteiger partial charge in [0.1, 0.15) is 0 Å². The van der Waals surface area contributed by atoms with E-state index in [2.05, 4.69) is 16.7 Å². The van der Waals surface area contributed by atoms with Crippen molar-refractivity contribution in [3.05, 3.63) is 89.5 Å². The van der Waals surface area contributed by atoms with Crippen LogP contribution in [0, 0.1) is 13.8 Å². The molecule has 0 fully saturated rings. The molecule has 154 valence electrons. The molecular weight excluding hydrogens is 374 g/mol. The second-order valence-electron chi connectivity index (χ2n) is 7.24. The Balaban J connectivity index is 1.58. The number of benzene rings is 3. The maximum absolute atomic E-state index is 12.9. The quantitative estimate of drug-likeness (QED) is 0.584. The number of carbonyl (C=O) groups is 2. The van der Waals surface area contributed by atoms with Crippen molar-refractivity contribution in [1.29, 1.82) is 0 Å². The van der Waals surface area contributed by atoms with E-state index in [1.165, 1.54) is 0 Å². The predicted octanol–water partition coefficient (Wildman–Crippen LogP) is 5.02. The second-order valence-corrected chi connectivity index (χ2v) is 7.24. The highest BCUT2D eigenvalue weighted by molar-refractivity contribution is 6.06. The summed E-state index contributed by atoms with van der Waals surface area (Å²) in [4.78, 5) is 26.8. The van der Waals surface area contributed by atoms with Crippen molar-refractivity contribution in [3.63, 3.8) is 0 Å². The van der Waals surface area contributed by atoms with Crippen LogP contribution in [0.15, 0.2) is 72.8 Å². The summed E-state index contributed by atoms with van der Waals surface area (Å²) < 4.78 is 0. The molecule has 0 unspecified atom stereocenters. The lowest BCUT2D eigenvalue weighted by Gasteiger charge is -2.21. The molecule has 0 heterocycles. The van der Waals surface area contributed by atoms with Crippen molar-refractivity contribution >= 4 is 28.9 Å². The van der Waals surface area contributed by atoms with E-state index in [1.807, 2.05) is 75.4 Å². The molecule has 0 radical (unpaired) electrons. The molecule has 30 heavy (non-hydrogen) atoms. The minimum absolute atomic E-state index is 0.0530. The number of amides is 2. The number of hydrogen-bond donors (Lipinski definition) is 2. The summed E-state index contributed by atoms with van der Waals surface area (Å²) in [5.74, 6) is -0.177. The summed E-state index contributed by atoms with van der Waals surface area (Å²) in [5, 5.41) is 6.00. The largest absolute Gasteiger partial charge is 0.376 e. The van der Waals surface area contributed by atoms with Crippen LogP contribution in [0.1, 0.15) is 28.4 Å². The zero-order valence-corrected chi connectivity index (χ0v) is 17.6. The average molecular weight is 402 g/mol. The first kappa shape index (κ1) is 21.1. The third kappa shape index (κ3) is 5.47. The van der Waals surface area contributed by atoms with Crippen LogP contribution in [-0.4, -0.2) is 24.9 Å². The van der Waals surface area contributed by atoms with E-state index in [0.29, 0.717) is 12.1 Å². The molecule has 2 N–H and O–H groups in total. The number of anilines is 3. The molecule has 0 atom stereocenters. The van der Waals surface area contributed by atoms with Gasteiger partial charge in [0.15, 0.2) is 0 Å². The molecule has 0 bridgehead atoms. The Hall–Kier alpha value is -3.60. The SMILES string of the molecule is CCN(C(=O)c1ccc(NCC(=O)Nc2cc(C)cc(C)c2)cc1)c1ccccc1. The van der Waals surface area contributed by atoms with Crippen LogP contribution >= 0.6 is 0 Å². The van der Waals surface area contributed by atoms with Crippen LogP contribution in [0.5, 0.6) is 0 Å². The van der Waals surface area contributed by atoms with Gasteiger partial charge in [-0.2, -0.15) is 0 Å². The van der Waals surface area contributed by atoms with Gasteiger partial charge in [-0.1, -0.05) is 24.3 Å². The number of carbonyl (C=O) groups excluding carboxylic acids is 2. The van der Waals surface area contributed by atoms with Gasteiger partial charge < -0.3 is 15.5 Å². The molecule has 5 heteroatoms. The van der Waals surface area contributed by atoms with E-state index in [4.69, 9.17) is 0 Å². The van der Waals surface area contributed by atoms with Crippen molar-refractivity contribution in [2.75, 3.05) is 28.6 Å². The van der Waals surface area contributed by atoms with Crippen LogP contribution in [0.4, 0.5) is 17.1 Å². The topological polar surface area (TPSA) is 61.4 Å². The predicted molar refractivity (Wildman–Crippen MR) is 123 cm³/mol. The van der Waals surface area contributed by atoms with Gasteiger partial charge in [0.05, 0.1) is 6.54 Å². The Morgan fingerprint density at radius 1 is 0.833 bits per heavy atom. The molecule has 2 amide bonds. The summed E-state index contributed by atoms with van der Waals surface area (Å²) >= 11 is 0. The normalized spacial score (nSPS) is 10.4. The van der Waals surface area contributed by atoms with Crippen molar-refractivity contribution in [2.45, 2.75) is 20.8 Å². The second kappa shape index (κ2) is 9.74. The minimum Gasteiger partial charge on any atom is -0.376 e. The zero-order valence-electron chi connectivity index (χ0n) is 17.6. The van der Waals surface area contributed by atoms with Gasteiger partial charge >= 0.3 is 0 Å². The van der Waals surface area contributed by atoms with Crippen molar-refractivity contribution in [1.82, 2.24) is 0 Å². The molecule has 3 aromatic rings. The lowest BCUT2D eigenvalue weighted by Crippen LogP contribution is -2.30. The first-order valence-electron chi connectivity index (χ1n) is 10.1. The summed E-state index contributed by atoms with van der Waals surface area (Å²) in [6.45, 7) is 6.68. The van der Waals surface area contributed by atoms with Crippen molar-refractivity contribution in [3.8, 4) is 0 Å². The monoisotopic (exact) mass is 401 g/mol. The Kier molecular flexibility index (Phi) is 6.86. The fourth-order valence-electron chi connectivity index (χ4n) is 3.37. The lowest BCUT2D eigenvalue weighted by molar-refractivity contribution is -0.114. The van der Waals surface area contributed by atoms with Crippen molar-refractivity contribution in [2.24, 2.45) is 0 Å². The molecule has 5 nitrogen and oxygen atoms in total. The van der Waals surface area contributed by atoms with Gasteiger partial charge in [0.2, 0.25) is 5.91 Å². The standard InChI is InChI=1S/C25H27N3O2/c1-4-28(23-8-6-5-7-9-23)25(30)20-10-12-21(13-11-20)26-17-24(29)27-22-15-18(2)14-19(3)16-22/h5-16,26H,4,17H2,1-3H3,(H,27,29). The third-order valence-corrected chi connectivity index (χ3v) is 4.72. The maximum atomic E-state index is 12.9. The smallest absolute Gasteiger partial charge is 0.258 e. The lowest BCUT2D eigenvalue weighted by atomic mass is 10.1. The summed E-state index contributed by atoms with van der Waals surface area (Å²) in [7, 11) is 0. The average Bonchev–Trinajstić information content (AvgIpc) is 2.73. The number of nitrogens with zero attached hydrogens (tertiary/aromatic N) is 1. The van der Waals surface area contributed by atoms with E-state index in [1.54, 1.807) is 17.0 Å².